The Labute approximate surface area is 144 Å². The standard InChI is InChI=1S/C15H17Br3S/c16-12-6-11(15(18)19-12)14(17)13-9-2-7-1-8(4-9)5-10(13)3-7/h6-10,13-14H,1-5H2. The molecule has 1 atom stereocenters. The number of thiophene rings is 1. The lowest BCUT2D eigenvalue weighted by molar-refractivity contribution is -0.0364. The summed E-state index contributed by atoms with van der Waals surface area (Å²) < 4.78 is 2.54. The van der Waals surface area contributed by atoms with E-state index >= 15 is 0 Å². The Hall–Kier alpha value is 1.14. The fourth-order valence-electron chi connectivity index (χ4n) is 5.19. The van der Waals surface area contributed by atoms with Crippen molar-refractivity contribution in [2.45, 2.75) is 36.9 Å². The summed E-state index contributed by atoms with van der Waals surface area (Å²) in [5.74, 6) is 4.95. The van der Waals surface area contributed by atoms with Crippen LogP contribution in [-0.4, -0.2) is 0 Å². The third kappa shape index (κ3) is 2.33. The molecule has 0 aliphatic heterocycles. The molecule has 4 aliphatic rings. The van der Waals surface area contributed by atoms with Crippen LogP contribution >= 0.6 is 59.1 Å². The molecule has 1 aromatic rings. The van der Waals surface area contributed by atoms with Gasteiger partial charge in [0.05, 0.1) is 7.57 Å². The van der Waals surface area contributed by atoms with E-state index in [-0.39, 0.29) is 0 Å². The van der Waals surface area contributed by atoms with Gasteiger partial charge in [0.1, 0.15) is 0 Å². The highest BCUT2D eigenvalue weighted by Crippen LogP contribution is 2.61. The fourth-order valence-corrected chi connectivity index (χ4v) is 9.81. The Bertz CT molecular complexity index is 468. The molecule has 4 heteroatoms. The van der Waals surface area contributed by atoms with Crippen molar-refractivity contribution < 1.29 is 0 Å². The normalized spacial score (nSPS) is 41.7. The second kappa shape index (κ2) is 5.10. The SMILES string of the molecule is Brc1cc(C(Br)C2C3CC4CC(C3)CC2C4)c(Br)s1. The quantitative estimate of drug-likeness (QED) is 0.419. The van der Waals surface area contributed by atoms with Crippen molar-refractivity contribution in [1.82, 2.24) is 0 Å². The molecule has 4 saturated carbocycles. The van der Waals surface area contributed by atoms with Gasteiger partial charge in [-0.3, -0.25) is 0 Å². The summed E-state index contributed by atoms with van der Waals surface area (Å²) in [5, 5.41) is 0. The topological polar surface area (TPSA) is 0 Å². The summed E-state index contributed by atoms with van der Waals surface area (Å²) in [5.41, 5.74) is 1.47. The van der Waals surface area contributed by atoms with Crippen LogP contribution in [0.5, 0.6) is 0 Å². The molecule has 4 fully saturated rings. The smallest absolute Gasteiger partial charge is 0.0753 e. The molecule has 4 aliphatic carbocycles. The van der Waals surface area contributed by atoms with Crippen LogP contribution in [0.1, 0.15) is 42.5 Å². The number of halogens is 3. The van der Waals surface area contributed by atoms with Gasteiger partial charge in [0.15, 0.2) is 0 Å². The molecule has 0 saturated heterocycles. The summed E-state index contributed by atoms with van der Waals surface area (Å²) >= 11 is 13.2. The van der Waals surface area contributed by atoms with Crippen LogP contribution in [0.15, 0.2) is 13.6 Å². The van der Waals surface area contributed by atoms with Crippen LogP contribution in [0.2, 0.25) is 0 Å². The van der Waals surface area contributed by atoms with Gasteiger partial charge in [-0.05, 0) is 105 Å². The molecular weight excluding hydrogens is 452 g/mol. The molecule has 0 N–H and O–H groups in total. The Morgan fingerprint density at radius 1 is 1.00 bits per heavy atom. The van der Waals surface area contributed by atoms with Gasteiger partial charge in [0, 0.05) is 4.83 Å². The predicted molar refractivity (Wildman–Crippen MR) is 91.9 cm³/mol. The maximum absolute atomic E-state index is 4.06. The molecule has 0 spiro atoms. The Kier molecular flexibility index (Phi) is 3.70. The Morgan fingerprint density at radius 3 is 2.05 bits per heavy atom. The third-order valence-electron chi connectivity index (χ3n) is 5.62. The van der Waals surface area contributed by atoms with E-state index in [9.17, 15) is 0 Å². The van der Waals surface area contributed by atoms with Crippen molar-refractivity contribution in [3.63, 3.8) is 0 Å². The largest absolute Gasteiger partial charge is 0.121 e. The maximum Gasteiger partial charge on any atom is 0.0753 e. The minimum Gasteiger partial charge on any atom is -0.121 e. The average molecular weight is 469 g/mol. The minimum absolute atomic E-state index is 0.541. The van der Waals surface area contributed by atoms with E-state index in [1.54, 1.807) is 17.8 Å². The average Bonchev–Trinajstić information content (AvgIpc) is 2.66. The lowest BCUT2D eigenvalue weighted by atomic mass is 9.51. The van der Waals surface area contributed by atoms with Crippen molar-refractivity contribution >= 4 is 59.1 Å². The van der Waals surface area contributed by atoms with E-state index in [4.69, 9.17) is 0 Å². The zero-order valence-electron chi connectivity index (χ0n) is 10.6. The molecule has 0 radical (unpaired) electrons. The first-order chi connectivity index (χ1) is 9.11. The lowest BCUT2D eigenvalue weighted by Gasteiger charge is -2.55. The van der Waals surface area contributed by atoms with Crippen LogP contribution in [0, 0.1) is 29.6 Å². The first kappa shape index (κ1) is 13.8. The zero-order chi connectivity index (χ0) is 13.1. The van der Waals surface area contributed by atoms with Crippen LogP contribution in [-0.2, 0) is 0 Å². The highest BCUT2D eigenvalue weighted by atomic mass is 79.9. The summed E-state index contributed by atoms with van der Waals surface area (Å²) in [7, 11) is 0. The Balaban J connectivity index is 1.63. The molecule has 1 heterocycles. The summed E-state index contributed by atoms with van der Waals surface area (Å²) in [6.07, 6.45) is 7.55. The van der Waals surface area contributed by atoms with Crippen molar-refractivity contribution in [2.24, 2.45) is 29.6 Å². The van der Waals surface area contributed by atoms with E-state index in [1.165, 1.54) is 38.8 Å². The van der Waals surface area contributed by atoms with Gasteiger partial charge in [0.25, 0.3) is 0 Å². The summed E-state index contributed by atoms with van der Waals surface area (Å²) in [4.78, 5) is 0.541. The van der Waals surface area contributed by atoms with Crippen molar-refractivity contribution in [3.05, 3.63) is 19.2 Å². The number of rotatable bonds is 2. The first-order valence-electron chi connectivity index (χ1n) is 7.20. The maximum atomic E-state index is 4.06. The molecule has 1 aromatic heterocycles. The van der Waals surface area contributed by atoms with Gasteiger partial charge in [-0.2, -0.15) is 0 Å². The molecule has 5 rings (SSSR count). The van der Waals surface area contributed by atoms with Gasteiger partial charge in [-0.1, -0.05) is 15.9 Å². The summed E-state index contributed by atoms with van der Waals surface area (Å²) in [6, 6.07) is 2.30. The highest BCUT2D eigenvalue weighted by Gasteiger charge is 2.50. The second-order valence-corrected chi connectivity index (χ2v) is 11.4. The van der Waals surface area contributed by atoms with E-state index in [1.807, 2.05) is 0 Å². The van der Waals surface area contributed by atoms with Crippen LogP contribution in [0.25, 0.3) is 0 Å². The summed E-state index contributed by atoms with van der Waals surface area (Å²) in [6.45, 7) is 0. The zero-order valence-corrected chi connectivity index (χ0v) is 16.2. The predicted octanol–water partition coefficient (Wildman–Crippen LogP) is 6.78. The molecule has 104 valence electrons. The monoisotopic (exact) mass is 466 g/mol. The number of hydrogen-bond donors (Lipinski definition) is 0. The van der Waals surface area contributed by atoms with Gasteiger partial charge < -0.3 is 0 Å². The van der Waals surface area contributed by atoms with Crippen LogP contribution in [0.4, 0.5) is 0 Å². The molecule has 0 nitrogen and oxygen atoms in total. The van der Waals surface area contributed by atoms with Crippen LogP contribution in [0.3, 0.4) is 0 Å². The lowest BCUT2D eigenvalue weighted by Crippen LogP contribution is -2.46. The highest BCUT2D eigenvalue weighted by molar-refractivity contribution is 9.12. The van der Waals surface area contributed by atoms with Crippen molar-refractivity contribution in [3.8, 4) is 0 Å². The van der Waals surface area contributed by atoms with Crippen LogP contribution < -0.4 is 0 Å². The van der Waals surface area contributed by atoms with E-state index in [0.717, 1.165) is 29.6 Å². The van der Waals surface area contributed by atoms with Gasteiger partial charge in [0.2, 0.25) is 0 Å². The third-order valence-corrected chi connectivity index (χ3v) is 9.11. The van der Waals surface area contributed by atoms with E-state index in [0.29, 0.717) is 4.83 Å². The molecule has 4 bridgehead atoms. The second-order valence-electron chi connectivity index (χ2n) is 6.69. The first-order valence-corrected chi connectivity index (χ1v) is 10.5. The molecule has 0 amide bonds. The number of hydrogen-bond acceptors (Lipinski definition) is 1. The molecule has 0 aromatic carbocycles. The minimum atomic E-state index is 0.541. The van der Waals surface area contributed by atoms with Gasteiger partial charge in [-0.25, -0.2) is 0 Å². The Morgan fingerprint density at radius 2 is 1.58 bits per heavy atom. The van der Waals surface area contributed by atoms with Gasteiger partial charge >= 0.3 is 0 Å². The van der Waals surface area contributed by atoms with Crippen molar-refractivity contribution in [2.75, 3.05) is 0 Å². The molecular formula is C15H17Br3S. The van der Waals surface area contributed by atoms with Gasteiger partial charge in [-0.15, -0.1) is 11.3 Å². The molecule has 19 heavy (non-hydrogen) atoms. The molecule has 1 unspecified atom stereocenters. The number of alkyl halides is 1. The fraction of sp³-hybridized carbons (Fsp3) is 0.733. The van der Waals surface area contributed by atoms with Crippen molar-refractivity contribution in [1.29, 1.82) is 0 Å². The van der Waals surface area contributed by atoms with E-state index < -0.39 is 0 Å². The van der Waals surface area contributed by atoms with E-state index in [2.05, 4.69) is 53.9 Å².